The molecule has 2 N–H and O–H groups in total. The summed E-state index contributed by atoms with van der Waals surface area (Å²) in [5.41, 5.74) is 8.56. The van der Waals surface area contributed by atoms with Crippen LogP contribution >= 0.6 is 0 Å². The van der Waals surface area contributed by atoms with E-state index in [1.165, 1.54) is 0 Å². The van der Waals surface area contributed by atoms with Crippen molar-refractivity contribution in [1.82, 2.24) is 19.7 Å². The first-order chi connectivity index (χ1) is 10.2. The van der Waals surface area contributed by atoms with E-state index in [1.54, 1.807) is 10.9 Å². The molecule has 0 radical (unpaired) electrons. The molecule has 3 rings (SSSR count). The van der Waals surface area contributed by atoms with Gasteiger partial charge in [-0.15, -0.1) is 0 Å². The minimum Gasteiger partial charge on any atom is -0.368 e. The van der Waals surface area contributed by atoms with E-state index < -0.39 is 0 Å². The molecule has 0 aliphatic rings. The molecule has 5 nitrogen and oxygen atoms in total. The maximum absolute atomic E-state index is 5.58. The SMILES string of the molecule is CC.CC.Cn1cc(-c2ccc3cnc(N)nc3c2)cn1. The van der Waals surface area contributed by atoms with Gasteiger partial charge in [0, 0.05) is 30.4 Å². The number of nitrogens with zero attached hydrogens (tertiary/aromatic N) is 4. The highest BCUT2D eigenvalue weighted by Gasteiger charge is 2.03. The van der Waals surface area contributed by atoms with Gasteiger partial charge < -0.3 is 5.73 Å². The standard InChI is InChI=1S/C12H11N5.2C2H6/c1-17-7-10(6-15-17)8-2-3-9-5-14-12(13)16-11(9)4-8;2*1-2/h2-7H,1H3,(H2,13,14,16);2*1-2H3. The Balaban J connectivity index is 0.000000510. The third-order valence-corrected chi connectivity index (χ3v) is 2.64. The van der Waals surface area contributed by atoms with Gasteiger partial charge in [0.15, 0.2) is 0 Å². The molecule has 0 aliphatic carbocycles. The summed E-state index contributed by atoms with van der Waals surface area (Å²) >= 11 is 0. The van der Waals surface area contributed by atoms with Crippen molar-refractivity contribution < 1.29 is 0 Å². The van der Waals surface area contributed by atoms with Gasteiger partial charge >= 0.3 is 0 Å². The van der Waals surface area contributed by atoms with E-state index >= 15 is 0 Å². The lowest BCUT2D eigenvalue weighted by atomic mass is 10.1. The predicted octanol–water partition coefficient (Wildman–Crippen LogP) is 3.66. The lowest BCUT2D eigenvalue weighted by Gasteiger charge is -2.01. The molecule has 2 aromatic heterocycles. The van der Waals surface area contributed by atoms with Crippen LogP contribution in [-0.2, 0) is 7.05 Å². The molecule has 112 valence electrons. The first-order valence-electron chi connectivity index (χ1n) is 7.24. The van der Waals surface area contributed by atoms with Crippen LogP contribution in [0.1, 0.15) is 27.7 Å². The molecular weight excluding hydrogens is 262 g/mol. The summed E-state index contributed by atoms with van der Waals surface area (Å²) in [6.07, 6.45) is 5.52. The topological polar surface area (TPSA) is 69.6 Å². The zero-order valence-corrected chi connectivity index (χ0v) is 13.3. The van der Waals surface area contributed by atoms with Crippen molar-refractivity contribution in [2.45, 2.75) is 27.7 Å². The Morgan fingerprint density at radius 3 is 2.33 bits per heavy atom. The van der Waals surface area contributed by atoms with Crippen molar-refractivity contribution in [3.8, 4) is 11.1 Å². The molecule has 0 spiro atoms. The van der Waals surface area contributed by atoms with E-state index in [1.807, 2.05) is 65.3 Å². The Labute approximate surface area is 125 Å². The molecule has 21 heavy (non-hydrogen) atoms. The molecule has 5 heteroatoms. The molecule has 3 aromatic rings. The van der Waals surface area contributed by atoms with Gasteiger partial charge in [-0.2, -0.15) is 5.10 Å². The molecule has 0 unspecified atom stereocenters. The Bertz CT molecular complexity index is 688. The third kappa shape index (κ3) is 4.02. The highest BCUT2D eigenvalue weighted by molar-refractivity contribution is 5.84. The maximum Gasteiger partial charge on any atom is 0.220 e. The Hall–Kier alpha value is -2.43. The molecule has 0 bridgehead atoms. The number of aryl methyl sites for hydroxylation is 1. The molecule has 0 saturated heterocycles. The molecule has 0 fully saturated rings. The minimum absolute atomic E-state index is 0.292. The van der Waals surface area contributed by atoms with Crippen LogP contribution in [0.15, 0.2) is 36.8 Å². The number of anilines is 1. The minimum atomic E-state index is 0.292. The van der Waals surface area contributed by atoms with Gasteiger partial charge in [-0.1, -0.05) is 39.8 Å². The van der Waals surface area contributed by atoms with Crippen LogP contribution in [0.4, 0.5) is 5.95 Å². The number of nitrogen functional groups attached to an aromatic ring is 1. The van der Waals surface area contributed by atoms with Gasteiger partial charge in [0.05, 0.1) is 11.7 Å². The second kappa shape index (κ2) is 7.99. The summed E-state index contributed by atoms with van der Waals surface area (Å²) in [7, 11) is 1.89. The summed E-state index contributed by atoms with van der Waals surface area (Å²) in [4.78, 5) is 8.17. The molecular formula is C16H23N5. The van der Waals surface area contributed by atoms with Gasteiger partial charge in [-0.25, -0.2) is 9.97 Å². The highest BCUT2D eigenvalue weighted by Crippen LogP contribution is 2.22. The number of fused-ring (bicyclic) bond motifs is 1. The second-order valence-corrected chi connectivity index (χ2v) is 3.90. The van der Waals surface area contributed by atoms with Crippen molar-refractivity contribution in [2.24, 2.45) is 7.05 Å². The monoisotopic (exact) mass is 285 g/mol. The number of hydrogen-bond donors (Lipinski definition) is 1. The average Bonchev–Trinajstić information content (AvgIpc) is 2.97. The van der Waals surface area contributed by atoms with Crippen molar-refractivity contribution in [3.05, 3.63) is 36.8 Å². The van der Waals surface area contributed by atoms with E-state index in [4.69, 9.17) is 5.73 Å². The van der Waals surface area contributed by atoms with Crippen LogP contribution in [-0.4, -0.2) is 19.7 Å². The summed E-state index contributed by atoms with van der Waals surface area (Å²) < 4.78 is 1.77. The number of rotatable bonds is 1. The van der Waals surface area contributed by atoms with Crippen molar-refractivity contribution >= 4 is 16.9 Å². The largest absolute Gasteiger partial charge is 0.368 e. The maximum atomic E-state index is 5.58. The Morgan fingerprint density at radius 1 is 1.00 bits per heavy atom. The molecule has 0 aliphatic heterocycles. The fraction of sp³-hybridized carbons (Fsp3) is 0.312. The molecule has 0 amide bonds. The lowest BCUT2D eigenvalue weighted by Crippen LogP contribution is -1.93. The normalized spacial score (nSPS) is 9.38. The van der Waals surface area contributed by atoms with Crippen molar-refractivity contribution in [1.29, 1.82) is 0 Å². The van der Waals surface area contributed by atoms with Gasteiger partial charge in [0.2, 0.25) is 5.95 Å². The zero-order valence-electron chi connectivity index (χ0n) is 13.3. The summed E-state index contributed by atoms with van der Waals surface area (Å²) in [6, 6.07) is 6.00. The van der Waals surface area contributed by atoms with Gasteiger partial charge in [0.1, 0.15) is 0 Å². The number of hydrogen-bond acceptors (Lipinski definition) is 4. The van der Waals surface area contributed by atoms with Crippen LogP contribution in [0.2, 0.25) is 0 Å². The van der Waals surface area contributed by atoms with Crippen LogP contribution < -0.4 is 5.73 Å². The quantitative estimate of drug-likeness (QED) is 0.740. The average molecular weight is 285 g/mol. The van der Waals surface area contributed by atoms with Gasteiger partial charge in [-0.05, 0) is 11.6 Å². The predicted molar refractivity (Wildman–Crippen MR) is 88.8 cm³/mol. The number of benzene rings is 1. The zero-order chi connectivity index (χ0) is 15.8. The van der Waals surface area contributed by atoms with E-state index in [2.05, 4.69) is 15.1 Å². The Morgan fingerprint density at radius 2 is 1.71 bits per heavy atom. The molecule has 1 aromatic carbocycles. The second-order valence-electron chi connectivity index (χ2n) is 3.90. The number of nitrogens with two attached hydrogens (primary N) is 1. The van der Waals surface area contributed by atoms with E-state index in [9.17, 15) is 0 Å². The smallest absolute Gasteiger partial charge is 0.220 e. The van der Waals surface area contributed by atoms with Crippen LogP contribution in [0.5, 0.6) is 0 Å². The fourth-order valence-electron chi connectivity index (χ4n) is 1.79. The summed E-state index contributed by atoms with van der Waals surface area (Å²) in [5, 5.41) is 5.13. The summed E-state index contributed by atoms with van der Waals surface area (Å²) in [5.74, 6) is 0.292. The Kier molecular flexibility index (Phi) is 6.33. The molecule has 2 heterocycles. The van der Waals surface area contributed by atoms with Crippen LogP contribution in [0, 0.1) is 0 Å². The van der Waals surface area contributed by atoms with Gasteiger partial charge in [0.25, 0.3) is 0 Å². The van der Waals surface area contributed by atoms with Crippen molar-refractivity contribution in [3.63, 3.8) is 0 Å². The first kappa shape index (κ1) is 16.6. The summed E-state index contributed by atoms with van der Waals surface area (Å²) in [6.45, 7) is 8.00. The first-order valence-corrected chi connectivity index (χ1v) is 7.24. The fourth-order valence-corrected chi connectivity index (χ4v) is 1.79. The van der Waals surface area contributed by atoms with Crippen LogP contribution in [0.3, 0.4) is 0 Å². The van der Waals surface area contributed by atoms with E-state index in [0.29, 0.717) is 5.95 Å². The highest BCUT2D eigenvalue weighted by atomic mass is 15.2. The van der Waals surface area contributed by atoms with E-state index in [-0.39, 0.29) is 0 Å². The lowest BCUT2D eigenvalue weighted by molar-refractivity contribution is 0.768. The van der Waals surface area contributed by atoms with Gasteiger partial charge in [-0.3, -0.25) is 4.68 Å². The van der Waals surface area contributed by atoms with E-state index in [0.717, 1.165) is 22.0 Å². The van der Waals surface area contributed by atoms with Crippen molar-refractivity contribution in [2.75, 3.05) is 5.73 Å². The molecule has 0 saturated carbocycles. The number of aromatic nitrogens is 4. The van der Waals surface area contributed by atoms with Crippen LogP contribution in [0.25, 0.3) is 22.0 Å². The third-order valence-electron chi connectivity index (χ3n) is 2.64. The molecule has 0 atom stereocenters.